The Morgan fingerprint density at radius 2 is 1.75 bits per heavy atom. The number of nitrogens with zero attached hydrogens (tertiary/aromatic N) is 4. The monoisotopic (exact) mass is 426 g/mol. The fraction of sp³-hybridized carbons (Fsp3) is 0.444. The number of piperazine rings is 1. The van der Waals surface area contributed by atoms with Gasteiger partial charge in [0.05, 0.1) is 11.0 Å². The second-order valence-electron chi connectivity index (χ2n) is 6.86. The van der Waals surface area contributed by atoms with Gasteiger partial charge in [-0.1, -0.05) is 12.1 Å². The van der Waals surface area contributed by atoms with Crippen molar-refractivity contribution in [2.75, 3.05) is 39.8 Å². The quantitative estimate of drug-likeness (QED) is 0.607. The van der Waals surface area contributed by atoms with E-state index in [0.29, 0.717) is 5.52 Å². The molecular formula is C18H24Cl2N6O2. The van der Waals surface area contributed by atoms with Gasteiger partial charge in [-0.15, -0.1) is 24.8 Å². The highest BCUT2D eigenvalue weighted by Crippen LogP contribution is 2.18. The summed E-state index contributed by atoms with van der Waals surface area (Å²) >= 11 is 0. The molecule has 0 radical (unpaired) electrons. The van der Waals surface area contributed by atoms with E-state index in [9.17, 15) is 9.59 Å². The highest BCUT2D eigenvalue weighted by Gasteiger charge is 2.14. The lowest BCUT2D eigenvalue weighted by molar-refractivity contribution is 0.153. The van der Waals surface area contributed by atoms with Gasteiger partial charge in [-0.3, -0.25) is 14.8 Å². The number of nitrogens with one attached hydrogen (secondary N) is 2. The molecule has 10 heteroatoms. The lowest BCUT2D eigenvalue weighted by atomic mass is 10.1. The van der Waals surface area contributed by atoms with Crippen LogP contribution in [0, 0.1) is 0 Å². The van der Waals surface area contributed by atoms with E-state index in [0.717, 1.165) is 56.6 Å². The van der Waals surface area contributed by atoms with Crippen molar-refractivity contribution in [2.45, 2.75) is 12.8 Å². The average Bonchev–Trinajstić information content (AvgIpc) is 2.62. The number of fused-ring (bicyclic) bond motifs is 2. The second kappa shape index (κ2) is 9.47. The van der Waals surface area contributed by atoms with Crippen molar-refractivity contribution in [1.82, 2.24) is 29.7 Å². The van der Waals surface area contributed by atoms with Crippen LogP contribution in [0.15, 0.2) is 27.8 Å². The van der Waals surface area contributed by atoms with Crippen LogP contribution in [0.4, 0.5) is 0 Å². The third-order valence-electron chi connectivity index (χ3n) is 4.97. The number of para-hydroxylation sites is 1. The second-order valence-corrected chi connectivity index (χ2v) is 6.86. The van der Waals surface area contributed by atoms with E-state index < -0.39 is 11.2 Å². The molecule has 0 saturated carbocycles. The van der Waals surface area contributed by atoms with Crippen molar-refractivity contribution in [2.24, 2.45) is 0 Å². The molecule has 0 atom stereocenters. The number of aryl methyl sites for hydroxylation is 1. The molecule has 0 spiro atoms. The Bertz CT molecular complexity index is 1060. The van der Waals surface area contributed by atoms with E-state index in [2.05, 4.69) is 36.8 Å². The molecule has 1 aliphatic heterocycles. The van der Waals surface area contributed by atoms with Gasteiger partial charge < -0.3 is 9.80 Å². The number of rotatable bonds is 4. The number of halogens is 2. The van der Waals surface area contributed by atoms with Crippen molar-refractivity contribution in [3.8, 4) is 0 Å². The summed E-state index contributed by atoms with van der Waals surface area (Å²) < 4.78 is 0. The molecule has 2 aromatic heterocycles. The summed E-state index contributed by atoms with van der Waals surface area (Å²) in [7, 11) is 2.16. The van der Waals surface area contributed by atoms with Gasteiger partial charge in [0.1, 0.15) is 0 Å². The van der Waals surface area contributed by atoms with Crippen LogP contribution in [0.3, 0.4) is 0 Å². The minimum absolute atomic E-state index is 0. The summed E-state index contributed by atoms with van der Waals surface area (Å²) in [4.78, 5) is 41.9. The van der Waals surface area contributed by atoms with E-state index in [1.165, 1.54) is 0 Å². The maximum Gasteiger partial charge on any atom is 0.327 e. The van der Waals surface area contributed by atoms with Gasteiger partial charge in [0, 0.05) is 26.2 Å². The van der Waals surface area contributed by atoms with Gasteiger partial charge in [-0.2, -0.15) is 0 Å². The smallest absolute Gasteiger partial charge is 0.304 e. The zero-order valence-electron chi connectivity index (χ0n) is 15.6. The Kier molecular flexibility index (Phi) is 7.54. The third kappa shape index (κ3) is 4.70. The van der Waals surface area contributed by atoms with Crippen LogP contribution in [-0.4, -0.2) is 69.5 Å². The van der Waals surface area contributed by atoms with Crippen LogP contribution >= 0.6 is 24.8 Å². The Labute approximate surface area is 174 Å². The Morgan fingerprint density at radius 1 is 1.00 bits per heavy atom. The number of likely N-dealkylation sites (N-methyl/N-ethyl adjacent to an activating group) is 1. The van der Waals surface area contributed by atoms with Crippen LogP contribution in [-0.2, 0) is 6.42 Å². The van der Waals surface area contributed by atoms with Gasteiger partial charge in [-0.05, 0) is 38.1 Å². The summed E-state index contributed by atoms with van der Waals surface area (Å²) in [6, 6.07) is 5.82. The SMILES string of the molecule is CN1CCN(CCCc2cccc3nc4c(=O)[nH]c(=O)[nH]c4nc23)CC1.Cl.Cl. The topological polar surface area (TPSA) is 98.0 Å². The zero-order chi connectivity index (χ0) is 18.1. The lowest BCUT2D eigenvalue weighted by Crippen LogP contribution is -2.44. The first-order valence-electron chi connectivity index (χ1n) is 8.93. The number of benzene rings is 1. The Hall–Kier alpha value is -2.00. The maximum atomic E-state index is 11.9. The maximum absolute atomic E-state index is 11.9. The first-order chi connectivity index (χ1) is 12.6. The minimum Gasteiger partial charge on any atom is -0.304 e. The van der Waals surface area contributed by atoms with Crippen molar-refractivity contribution in [3.05, 3.63) is 44.6 Å². The Morgan fingerprint density at radius 3 is 2.50 bits per heavy atom. The molecule has 1 aliphatic rings. The summed E-state index contributed by atoms with van der Waals surface area (Å²) in [5, 5.41) is 0. The molecule has 8 nitrogen and oxygen atoms in total. The summed E-state index contributed by atoms with van der Waals surface area (Å²) in [6.07, 6.45) is 1.92. The fourth-order valence-electron chi connectivity index (χ4n) is 3.45. The lowest BCUT2D eigenvalue weighted by Gasteiger charge is -2.32. The highest BCUT2D eigenvalue weighted by atomic mass is 35.5. The molecule has 0 unspecified atom stereocenters. The third-order valence-corrected chi connectivity index (χ3v) is 4.97. The van der Waals surface area contributed by atoms with E-state index in [4.69, 9.17) is 0 Å². The average molecular weight is 427 g/mol. The predicted molar refractivity (Wildman–Crippen MR) is 115 cm³/mol. The summed E-state index contributed by atoms with van der Waals surface area (Å²) in [5.41, 5.74) is 1.82. The van der Waals surface area contributed by atoms with Crippen LogP contribution in [0.1, 0.15) is 12.0 Å². The minimum atomic E-state index is -0.566. The molecule has 2 N–H and O–H groups in total. The Balaban J connectivity index is 0.00000140. The fourth-order valence-corrected chi connectivity index (χ4v) is 3.45. The van der Waals surface area contributed by atoms with Crippen molar-refractivity contribution in [3.63, 3.8) is 0 Å². The number of aromatic amines is 2. The molecule has 1 fully saturated rings. The first kappa shape index (κ1) is 22.3. The zero-order valence-corrected chi connectivity index (χ0v) is 17.2. The van der Waals surface area contributed by atoms with Gasteiger partial charge in [0.2, 0.25) is 0 Å². The van der Waals surface area contributed by atoms with Gasteiger partial charge >= 0.3 is 5.69 Å². The van der Waals surface area contributed by atoms with E-state index in [1.54, 1.807) is 0 Å². The molecule has 1 aromatic carbocycles. The molecular weight excluding hydrogens is 403 g/mol. The van der Waals surface area contributed by atoms with Crippen molar-refractivity contribution >= 4 is 47.0 Å². The van der Waals surface area contributed by atoms with Gasteiger partial charge in [0.25, 0.3) is 5.56 Å². The first-order valence-corrected chi connectivity index (χ1v) is 8.93. The van der Waals surface area contributed by atoms with Gasteiger partial charge in [-0.25, -0.2) is 14.8 Å². The van der Waals surface area contributed by atoms with Crippen LogP contribution in [0.2, 0.25) is 0 Å². The van der Waals surface area contributed by atoms with Crippen molar-refractivity contribution < 1.29 is 0 Å². The number of aromatic nitrogens is 4. The van der Waals surface area contributed by atoms with E-state index in [1.807, 2.05) is 18.2 Å². The molecule has 0 amide bonds. The van der Waals surface area contributed by atoms with Gasteiger partial charge in [0.15, 0.2) is 11.2 Å². The normalized spacial score (nSPS) is 15.3. The molecule has 0 bridgehead atoms. The van der Waals surface area contributed by atoms with Crippen LogP contribution < -0.4 is 11.2 Å². The molecule has 28 heavy (non-hydrogen) atoms. The molecule has 1 saturated heterocycles. The highest BCUT2D eigenvalue weighted by molar-refractivity contribution is 5.86. The largest absolute Gasteiger partial charge is 0.327 e. The number of hydrogen-bond donors (Lipinski definition) is 2. The standard InChI is InChI=1S/C18H22N6O2.2ClH/c1-23-8-10-24(11-9-23)7-3-5-12-4-2-6-13-14(12)20-16-15(19-13)17(25)22-18(26)21-16;;/h2,4,6H,3,5,7-11H2,1H3,(H2,20,21,22,25,26);2*1H. The van der Waals surface area contributed by atoms with E-state index >= 15 is 0 Å². The molecule has 3 heterocycles. The molecule has 152 valence electrons. The molecule has 4 rings (SSSR count). The summed E-state index contributed by atoms with van der Waals surface area (Å²) in [6.45, 7) is 5.52. The molecule has 0 aliphatic carbocycles. The molecule has 3 aromatic rings. The van der Waals surface area contributed by atoms with Crippen LogP contribution in [0.5, 0.6) is 0 Å². The number of hydrogen-bond acceptors (Lipinski definition) is 6. The number of H-pyrrole nitrogens is 2. The van der Waals surface area contributed by atoms with E-state index in [-0.39, 0.29) is 36.0 Å². The van der Waals surface area contributed by atoms with Crippen LogP contribution in [0.25, 0.3) is 22.2 Å². The van der Waals surface area contributed by atoms with Crippen molar-refractivity contribution in [1.29, 1.82) is 0 Å². The summed E-state index contributed by atoms with van der Waals surface area (Å²) in [5.74, 6) is 0. The predicted octanol–water partition coefficient (Wildman–Crippen LogP) is 1.18.